The van der Waals surface area contributed by atoms with Crippen LogP contribution in [0.5, 0.6) is 5.75 Å². The van der Waals surface area contributed by atoms with Crippen molar-refractivity contribution in [3.63, 3.8) is 0 Å². The maximum absolute atomic E-state index is 6.31. The Labute approximate surface area is 159 Å². The summed E-state index contributed by atoms with van der Waals surface area (Å²) in [5.41, 5.74) is 2.37. The van der Waals surface area contributed by atoms with Crippen LogP contribution in [0.2, 0.25) is 10.0 Å². The van der Waals surface area contributed by atoms with Crippen LogP contribution in [0.25, 0.3) is 0 Å². The molecule has 2 aromatic carbocycles. The molecule has 3 rings (SSSR count). The van der Waals surface area contributed by atoms with Crippen LogP contribution in [0, 0.1) is 0 Å². The van der Waals surface area contributed by atoms with E-state index in [9.17, 15) is 0 Å². The van der Waals surface area contributed by atoms with Crippen LogP contribution in [0.15, 0.2) is 42.5 Å². The molecule has 1 fully saturated rings. The second-order valence-electron chi connectivity index (χ2n) is 6.22. The SMILES string of the molecule is CCOc1cccc(C(c2ccc(Cl)c(Cl)c2)N2CCCNCC2)c1. The van der Waals surface area contributed by atoms with Gasteiger partial charge in [0.15, 0.2) is 0 Å². The molecular weight excluding hydrogens is 355 g/mol. The molecule has 1 atom stereocenters. The van der Waals surface area contributed by atoms with Gasteiger partial charge in [0.25, 0.3) is 0 Å². The Balaban J connectivity index is 2.01. The van der Waals surface area contributed by atoms with Crippen LogP contribution in [0.4, 0.5) is 0 Å². The number of nitrogens with zero attached hydrogens (tertiary/aromatic N) is 1. The first-order valence-electron chi connectivity index (χ1n) is 8.81. The van der Waals surface area contributed by atoms with Crippen molar-refractivity contribution in [3.8, 4) is 5.75 Å². The van der Waals surface area contributed by atoms with E-state index in [1.165, 1.54) is 5.56 Å². The summed E-state index contributed by atoms with van der Waals surface area (Å²) in [6.07, 6.45) is 1.13. The van der Waals surface area contributed by atoms with Gasteiger partial charge < -0.3 is 10.1 Å². The summed E-state index contributed by atoms with van der Waals surface area (Å²) in [7, 11) is 0. The van der Waals surface area contributed by atoms with E-state index in [0.29, 0.717) is 16.7 Å². The highest BCUT2D eigenvalue weighted by Crippen LogP contribution is 2.34. The van der Waals surface area contributed by atoms with Crippen LogP contribution in [0.3, 0.4) is 0 Å². The van der Waals surface area contributed by atoms with Gasteiger partial charge in [-0.3, -0.25) is 4.90 Å². The molecule has 134 valence electrons. The highest BCUT2D eigenvalue weighted by atomic mass is 35.5. The fourth-order valence-electron chi connectivity index (χ4n) is 3.36. The second kappa shape index (κ2) is 8.91. The lowest BCUT2D eigenvalue weighted by atomic mass is 9.96. The van der Waals surface area contributed by atoms with Crippen molar-refractivity contribution in [1.82, 2.24) is 10.2 Å². The maximum atomic E-state index is 6.31. The predicted octanol–water partition coefficient (Wildman–Crippen LogP) is 4.78. The molecule has 1 unspecified atom stereocenters. The highest BCUT2D eigenvalue weighted by Gasteiger charge is 2.24. The van der Waals surface area contributed by atoms with Crippen molar-refractivity contribution in [3.05, 3.63) is 63.6 Å². The minimum Gasteiger partial charge on any atom is -0.494 e. The normalized spacial score (nSPS) is 17.1. The Bertz CT molecular complexity index is 700. The fraction of sp³-hybridized carbons (Fsp3) is 0.400. The average Bonchev–Trinajstić information content (AvgIpc) is 2.88. The van der Waals surface area contributed by atoms with E-state index in [1.54, 1.807) is 0 Å². The maximum Gasteiger partial charge on any atom is 0.119 e. The summed E-state index contributed by atoms with van der Waals surface area (Å²) < 4.78 is 5.71. The molecule has 0 spiro atoms. The Hall–Kier alpha value is -1.26. The van der Waals surface area contributed by atoms with Gasteiger partial charge in [0.1, 0.15) is 5.75 Å². The third-order valence-corrected chi connectivity index (χ3v) is 5.22. The smallest absolute Gasteiger partial charge is 0.119 e. The van der Waals surface area contributed by atoms with Gasteiger partial charge in [0, 0.05) is 19.6 Å². The molecule has 0 bridgehead atoms. The lowest BCUT2D eigenvalue weighted by Crippen LogP contribution is -2.33. The van der Waals surface area contributed by atoms with Gasteiger partial charge >= 0.3 is 0 Å². The summed E-state index contributed by atoms with van der Waals surface area (Å²) in [5, 5.41) is 4.66. The minimum absolute atomic E-state index is 0.134. The first-order chi connectivity index (χ1) is 12.2. The molecule has 0 saturated carbocycles. The number of rotatable bonds is 5. The molecule has 0 aromatic heterocycles. The molecule has 0 radical (unpaired) electrons. The highest BCUT2D eigenvalue weighted by molar-refractivity contribution is 6.42. The van der Waals surface area contributed by atoms with Crippen molar-refractivity contribution in [2.45, 2.75) is 19.4 Å². The molecule has 1 heterocycles. The zero-order chi connectivity index (χ0) is 17.6. The van der Waals surface area contributed by atoms with E-state index in [0.717, 1.165) is 43.9 Å². The summed E-state index contributed by atoms with van der Waals surface area (Å²) in [5.74, 6) is 0.901. The monoisotopic (exact) mass is 378 g/mol. The first-order valence-corrected chi connectivity index (χ1v) is 9.57. The van der Waals surface area contributed by atoms with Crippen LogP contribution in [0.1, 0.15) is 30.5 Å². The Morgan fingerprint density at radius 2 is 1.88 bits per heavy atom. The minimum atomic E-state index is 0.134. The van der Waals surface area contributed by atoms with Crippen LogP contribution < -0.4 is 10.1 Å². The topological polar surface area (TPSA) is 24.5 Å². The molecule has 0 amide bonds. The van der Waals surface area contributed by atoms with Gasteiger partial charge in [-0.05, 0) is 55.3 Å². The summed E-state index contributed by atoms with van der Waals surface area (Å²) in [6, 6.07) is 14.4. The lowest BCUT2D eigenvalue weighted by Gasteiger charge is -2.31. The first kappa shape index (κ1) is 18.5. The van der Waals surface area contributed by atoms with Crippen molar-refractivity contribution in [2.24, 2.45) is 0 Å². The fourth-order valence-corrected chi connectivity index (χ4v) is 3.67. The van der Waals surface area contributed by atoms with Crippen molar-refractivity contribution in [2.75, 3.05) is 32.8 Å². The molecule has 1 aliphatic rings. The predicted molar refractivity (Wildman–Crippen MR) is 105 cm³/mol. The van der Waals surface area contributed by atoms with E-state index in [4.69, 9.17) is 27.9 Å². The number of hydrogen-bond donors (Lipinski definition) is 1. The quantitative estimate of drug-likeness (QED) is 0.810. The largest absolute Gasteiger partial charge is 0.494 e. The Morgan fingerprint density at radius 3 is 2.68 bits per heavy atom. The Morgan fingerprint density at radius 1 is 1.04 bits per heavy atom. The number of nitrogens with one attached hydrogen (secondary N) is 1. The van der Waals surface area contributed by atoms with Crippen molar-refractivity contribution < 1.29 is 4.74 Å². The van der Waals surface area contributed by atoms with Crippen LogP contribution >= 0.6 is 23.2 Å². The number of halogens is 2. The molecule has 0 aliphatic carbocycles. The summed E-state index contributed by atoms with van der Waals surface area (Å²) >= 11 is 12.4. The van der Waals surface area contributed by atoms with Gasteiger partial charge in [0.2, 0.25) is 0 Å². The molecule has 5 heteroatoms. The zero-order valence-electron chi connectivity index (χ0n) is 14.5. The van der Waals surface area contributed by atoms with Gasteiger partial charge in [-0.25, -0.2) is 0 Å². The van der Waals surface area contributed by atoms with E-state index >= 15 is 0 Å². The molecule has 2 aromatic rings. The van der Waals surface area contributed by atoms with E-state index in [-0.39, 0.29) is 6.04 Å². The molecule has 1 saturated heterocycles. The number of benzene rings is 2. The average molecular weight is 379 g/mol. The van der Waals surface area contributed by atoms with Crippen LogP contribution in [-0.4, -0.2) is 37.7 Å². The van der Waals surface area contributed by atoms with E-state index in [1.807, 2.05) is 25.1 Å². The summed E-state index contributed by atoms with van der Waals surface area (Å²) in [4.78, 5) is 2.50. The molecule has 1 N–H and O–H groups in total. The van der Waals surface area contributed by atoms with Crippen molar-refractivity contribution >= 4 is 23.2 Å². The Kier molecular flexibility index (Phi) is 6.60. The summed E-state index contributed by atoms with van der Waals surface area (Å²) in [6.45, 7) is 6.74. The van der Waals surface area contributed by atoms with Gasteiger partial charge in [-0.2, -0.15) is 0 Å². The van der Waals surface area contributed by atoms with Crippen LogP contribution in [-0.2, 0) is 0 Å². The van der Waals surface area contributed by atoms with Gasteiger partial charge in [-0.1, -0.05) is 41.4 Å². The molecular formula is C20H24Cl2N2O. The number of ether oxygens (including phenoxy) is 1. The zero-order valence-corrected chi connectivity index (χ0v) is 16.0. The third-order valence-electron chi connectivity index (χ3n) is 4.48. The number of hydrogen-bond acceptors (Lipinski definition) is 3. The van der Waals surface area contributed by atoms with Gasteiger partial charge in [-0.15, -0.1) is 0 Å². The molecule has 1 aliphatic heterocycles. The van der Waals surface area contributed by atoms with E-state index in [2.05, 4.69) is 34.5 Å². The van der Waals surface area contributed by atoms with E-state index < -0.39 is 0 Å². The lowest BCUT2D eigenvalue weighted by molar-refractivity contribution is 0.240. The third kappa shape index (κ3) is 4.68. The van der Waals surface area contributed by atoms with Crippen molar-refractivity contribution in [1.29, 1.82) is 0 Å². The second-order valence-corrected chi connectivity index (χ2v) is 7.04. The molecule has 25 heavy (non-hydrogen) atoms. The molecule has 3 nitrogen and oxygen atoms in total. The standard InChI is InChI=1S/C20H24Cl2N2O/c1-2-25-17-6-3-5-15(13-17)20(24-11-4-9-23-10-12-24)16-7-8-18(21)19(22)14-16/h3,5-8,13-14,20,23H,2,4,9-12H2,1H3. The van der Waals surface area contributed by atoms with Gasteiger partial charge in [0.05, 0.1) is 22.7 Å².